The van der Waals surface area contributed by atoms with Crippen molar-refractivity contribution in [3.05, 3.63) is 0 Å². The fourth-order valence-corrected chi connectivity index (χ4v) is 2.21. The van der Waals surface area contributed by atoms with Gasteiger partial charge in [-0.25, -0.2) is 0 Å². The highest BCUT2D eigenvalue weighted by Gasteiger charge is 2.46. The van der Waals surface area contributed by atoms with Gasteiger partial charge >= 0.3 is 0 Å². The van der Waals surface area contributed by atoms with Gasteiger partial charge in [0.15, 0.2) is 0 Å². The highest BCUT2D eigenvalue weighted by Crippen LogP contribution is 2.37. The van der Waals surface area contributed by atoms with E-state index in [1.54, 1.807) is 9.80 Å². The molecule has 6 heteroatoms. The largest absolute Gasteiger partial charge is 0.483 e. The Morgan fingerprint density at radius 1 is 1.00 bits per heavy atom. The highest BCUT2D eigenvalue weighted by atomic mass is 16.3. The second kappa shape index (κ2) is 4.77. The van der Waals surface area contributed by atoms with Gasteiger partial charge in [0.05, 0.1) is 0 Å². The van der Waals surface area contributed by atoms with Crippen molar-refractivity contribution in [3.63, 3.8) is 0 Å². The summed E-state index contributed by atoms with van der Waals surface area (Å²) in [7, 11) is 0. The molecule has 2 rings (SSSR count). The Balaban J connectivity index is 0.000000337. The van der Waals surface area contributed by atoms with Crippen LogP contribution < -0.4 is 0 Å². The minimum absolute atomic E-state index is 0.250. The number of carbonyl (C=O) groups is 3. The first-order valence-corrected chi connectivity index (χ1v) is 4.66. The third-order valence-electron chi connectivity index (χ3n) is 2.84. The smallest absolute Gasteiger partial charge is 0.290 e. The van der Waals surface area contributed by atoms with E-state index in [1.165, 1.54) is 0 Å². The molecule has 0 saturated carbocycles. The van der Waals surface area contributed by atoms with E-state index in [4.69, 9.17) is 9.90 Å². The van der Waals surface area contributed by atoms with E-state index in [1.807, 2.05) is 0 Å². The van der Waals surface area contributed by atoms with Crippen molar-refractivity contribution < 1.29 is 19.5 Å². The number of carboxylic acid groups (broad SMARTS) is 1. The summed E-state index contributed by atoms with van der Waals surface area (Å²) in [6.45, 7) is 3.11. The van der Waals surface area contributed by atoms with Crippen molar-refractivity contribution in [2.24, 2.45) is 5.41 Å². The third kappa shape index (κ3) is 2.45. The van der Waals surface area contributed by atoms with Crippen LogP contribution in [0, 0.1) is 5.41 Å². The molecule has 2 heterocycles. The normalized spacial score (nSPS) is 21.3. The molecule has 0 aliphatic carbocycles. The van der Waals surface area contributed by atoms with Crippen LogP contribution in [-0.2, 0) is 14.4 Å². The van der Waals surface area contributed by atoms with Gasteiger partial charge in [-0.1, -0.05) is 0 Å². The molecule has 2 fully saturated rings. The Bertz CT molecular complexity index is 250. The summed E-state index contributed by atoms with van der Waals surface area (Å²) in [5, 5.41) is 6.89. The van der Waals surface area contributed by atoms with Crippen LogP contribution in [0.3, 0.4) is 0 Å². The average Bonchev–Trinajstić information content (AvgIpc) is 2.60. The van der Waals surface area contributed by atoms with Crippen molar-refractivity contribution in [1.29, 1.82) is 0 Å². The average molecular weight is 214 g/mol. The van der Waals surface area contributed by atoms with Crippen molar-refractivity contribution in [1.82, 2.24) is 9.80 Å². The SMILES string of the molecule is O=CN1CCC2(C1)CN(C=O)C2.O=CO. The maximum Gasteiger partial charge on any atom is 0.290 e. The lowest BCUT2D eigenvalue weighted by molar-refractivity contribution is -0.129. The molecular formula is C9H14N2O4. The zero-order chi connectivity index (χ0) is 11.3. The van der Waals surface area contributed by atoms with Crippen LogP contribution in [0.4, 0.5) is 0 Å². The minimum Gasteiger partial charge on any atom is -0.483 e. The maximum atomic E-state index is 10.4. The van der Waals surface area contributed by atoms with E-state index < -0.39 is 0 Å². The van der Waals surface area contributed by atoms with Crippen LogP contribution in [0.25, 0.3) is 0 Å². The second-order valence-electron chi connectivity index (χ2n) is 3.94. The van der Waals surface area contributed by atoms with E-state index in [0.717, 1.165) is 45.4 Å². The summed E-state index contributed by atoms with van der Waals surface area (Å²) in [4.78, 5) is 32.7. The molecule has 15 heavy (non-hydrogen) atoms. The lowest BCUT2D eigenvalue weighted by Gasteiger charge is -2.45. The summed E-state index contributed by atoms with van der Waals surface area (Å²) < 4.78 is 0. The molecule has 0 atom stereocenters. The molecule has 1 spiro atoms. The van der Waals surface area contributed by atoms with E-state index in [-0.39, 0.29) is 11.9 Å². The molecule has 84 valence electrons. The molecule has 2 aliphatic rings. The van der Waals surface area contributed by atoms with Gasteiger partial charge in [0, 0.05) is 31.6 Å². The zero-order valence-corrected chi connectivity index (χ0v) is 8.33. The number of likely N-dealkylation sites (tertiary alicyclic amines) is 2. The van der Waals surface area contributed by atoms with Gasteiger partial charge in [0.1, 0.15) is 0 Å². The zero-order valence-electron chi connectivity index (χ0n) is 8.33. The molecule has 6 nitrogen and oxygen atoms in total. The first-order valence-electron chi connectivity index (χ1n) is 4.66. The number of hydrogen-bond acceptors (Lipinski definition) is 3. The topological polar surface area (TPSA) is 77.9 Å². The number of hydrogen-bond donors (Lipinski definition) is 1. The molecule has 0 aromatic carbocycles. The van der Waals surface area contributed by atoms with E-state index in [0.29, 0.717) is 0 Å². The quantitative estimate of drug-likeness (QED) is 0.598. The number of rotatable bonds is 2. The minimum atomic E-state index is -0.250. The lowest BCUT2D eigenvalue weighted by Crippen LogP contribution is -2.56. The first kappa shape index (κ1) is 11.5. The first-order chi connectivity index (χ1) is 7.19. The Morgan fingerprint density at radius 3 is 1.87 bits per heavy atom. The molecule has 2 amide bonds. The van der Waals surface area contributed by atoms with Crippen molar-refractivity contribution in [3.8, 4) is 0 Å². The molecule has 2 aliphatic heterocycles. The van der Waals surface area contributed by atoms with E-state index >= 15 is 0 Å². The molecule has 0 unspecified atom stereocenters. The van der Waals surface area contributed by atoms with Crippen molar-refractivity contribution in [2.75, 3.05) is 26.2 Å². The molecule has 2 saturated heterocycles. The van der Waals surface area contributed by atoms with Crippen LogP contribution >= 0.6 is 0 Å². The van der Waals surface area contributed by atoms with Gasteiger partial charge in [-0.2, -0.15) is 0 Å². The fourth-order valence-electron chi connectivity index (χ4n) is 2.21. The summed E-state index contributed by atoms with van der Waals surface area (Å²) >= 11 is 0. The fraction of sp³-hybridized carbons (Fsp3) is 0.667. The molecule has 0 aromatic heterocycles. The molecular weight excluding hydrogens is 200 g/mol. The van der Waals surface area contributed by atoms with Crippen LogP contribution in [-0.4, -0.2) is 60.4 Å². The monoisotopic (exact) mass is 214 g/mol. The molecule has 0 aromatic rings. The standard InChI is InChI=1S/C8H12N2O2.CH2O2/c11-6-9-2-1-8(3-9)4-10(5-8)7-12;2-1-3/h6-7H,1-5H2;1H,(H,2,3). The summed E-state index contributed by atoms with van der Waals surface area (Å²) in [5.74, 6) is 0. The Morgan fingerprint density at radius 2 is 1.47 bits per heavy atom. The van der Waals surface area contributed by atoms with Crippen LogP contribution in [0.5, 0.6) is 0 Å². The van der Waals surface area contributed by atoms with Gasteiger partial charge in [0.25, 0.3) is 6.47 Å². The second-order valence-corrected chi connectivity index (χ2v) is 3.94. The summed E-state index contributed by atoms with van der Waals surface area (Å²) in [5.41, 5.74) is 0.252. The summed E-state index contributed by atoms with van der Waals surface area (Å²) in [6.07, 6.45) is 2.84. The Labute approximate surface area is 87.5 Å². The van der Waals surface area contributed by atoms with Gasteiger partial charge in [-0.05, 0) is 6.42 Å². The van der Waals surface area contributed by atoms with Crippen molar-refractivity contribution in [2.45, 2.75) is 6.42 Å². The number of carbonyl (C=O) groups excluding carboxylic acids is 2. The van der Waals surface area contributed by atoms with Gasteiger partial charge in [-0.15, -0.1) is 0 Å². The lowest BCUT2D eigenvalue weighted by atomic mass is 9.79. The predicted octanol–water partition coefficient (Wildman–Crippen LogP) is -0.992. The van der Waals surface area contributed by atoms with Crippen LogP contribution in [0.15, 0.2) is 0 Å². The molecule has 0 bridgehead atoms. The molecule has 1 N–H and O–H groups in total. The molecule has 0 radical (unpaired) electrons. The Kier molecular flexibility index (Phi) is 3.65. The number of amides is 2. The van der Waals surface area contributed by atoms with Gasteiger partial charge in [-0.3, -0.25) is 14.4 Å². The summed E-state index contributed by atoms with van der Waals surface area (Å²) in [6, 6.07) is 0. The highest BCUT2D eigenvalue weighted by molar-refractivity contribution is 5.51. The van der Waals surface area contributed by atoms with E-state index in [2.05, 4.69) is 0 Å². The van der Waals surface area contributed by atoms with Crippen molar-refractivity contribution >= 4 is 19.3 Å². The predicted molar refractivity (Wildman–Crippen MR) is 51.0 cm³/mol. The third-order valence-corrected chi connectivity index (χ3v) is 2.84. The van der Waals surface area contributed by atoms with Gasteiger partial charge < -0.3 is 14.9 Å². The van der Waals surface area contributed by atoms with Gasteiger partial charge in [0.2, 0.25) is 12.8 Å². The maximum absolute atomic E-state index is 10.4. The van der Waals surface area contributed by atoms with Crippen LogP contribution in [0.2, 0.25) is 0 Å². The van der Waals surface area contributed by atoms with Crippen LogP contribution in [0.1, 0.15) is 6.42 Å². The number of nitrogens with zero attached hydrogens (tertiary/aromatic N) is 2. The van der Waals surface area contributed by atoms with E-state index in [9.17, 15) is 9.59 Å². The Hall–Kier alpha value is -1.59.